The predicted molar refractivity (Wildman–Crippen MR) is 117 cm³/mol. The van der Waals surface area contributed by atoms with E-state index in [1.54, 1.807) is 18.2 Å². The van der Waals surface area contributed by atoms with Crippen molar-refractivity contribution in [1.29, 1.82) is 0 Å². The molecule has 3 aromatic rings. The molecule has 0 bridgehead atoms. The first-order valence-corrected chi connectivity index (χ1v) is 12.0. The molecule has 1 aliphatic carbocycles. The average Bonchev–Trinajstić information content (AvgIpc) is 3.45. The summed E-state index contributed by atoms with van der Waals surface area (Å²) in [7, 11) is -3.59. The summed E-state index contributed by atoms with van der Waals surface area (Å²) in [4.78, 5) is 12.9. The molecule has 7 heteroatoms. The van der Waals surface area contributed by atoms with Crippen LogP contribution < -0.4 is 10.1 Å². The topological polar surface area (TPSA) is 85.6 Å². The number of hydrogen-bond acceptors (Lipinski definition) is 5. The number of carbonyl (C=O) groups is 1. The highest BCUT2D eigenvalue weighted by molar-refractivity contribution is 7.90. The lowest BCUT2D eigenvalue weighted by atomic mass is 10.2. The third-order valence-corrected chi connectivity index (χ3v) is 7.09. The summed E-state index contributed by atoms with van der Waals surface area (Å²) < 4.78 is 36.8. The van der Waals surface area contributed by atoms with E-state index in [4.69, 9.17) is 9.15 Å². The van der Waals surface area contributed by atoms with E-state index < -0.39 is 15.7 Å². The molecule has 31 heavy (non-hydrogen) atoms. The van der Waals surface area contributed by atoms with Crippen LogP contribution in [0.5, 0.6) is 5.75 Å². The molecule has 1 heterocycles. The molecule has 1 amide bonds. The molecule has 2 aromatic carbocycles. The number of ether oxygens (including phenoxy) is 1. The molecule has 0 spiro atoms. The predicted octanol–water partition coefficient (Wildman–Crippen LogP) is 4.50. The second-order valence-corrected chi connectivity index (χ2v) is 9.65. The largest absolute Gasteiger partial charge is 0.490 e. The molecule has 1 aliphatic rings. The molecule has 4 rings (SSSR count). The van der Waals surface area contributed by atoms with Crippen LogP contribution in [0.3, 0.4) is 0 Å². The molecule has 1 N–H and O–H groups in total. The summed E-state index contributed by atoms with van der Waals surface area (Å²) in [6.45, 7) is 0.257. The average molecular weight is 440 g/mol. The standard InChI is InChI=1S/C24H25NO5S/c26-24(25-16-18-8-4-7-13-22(18)30-20-9-5-6-10-20)23-19(14-15-29-23)17-31(27,28)21-11-2-1-3-12-21/h1-4,7-8,11-15,20H,5-6,9-10,16-17H2,(H,25,26). The number of para-hydroxylation sites is 1. The normalized spacial score (nSPS) is 14.5. The van der Waals surface area contributed by atoms with E-state index in [2.05, 4.69) is 5.32 Å². The molecule has 162 valence electrons. The fourth-order valence-corrected chi connectivity index (χ4v) is 5.15. The first-order valence-electron chi connectivity index (χ1n) is 10.4. The van der Waals surface area contributed by atoms with Crippen LogP contribution >= 0.6 is 0 Å². The maximum atomic E-state index is 12.7. The number of nitrogens with one attached hydrogen (secondary N) is 1. The summed E-state index contributed by atoms with van der Waals surface area (Å²) in [5, 5.41) is 2.83. The second-order valence-electron chi connectivity index (χ2n) is 7.66. The van der Waals surface area contributed by atoms with Crippen LogP contribution in [0.25, 0.3) is 0 Å². The molecular formula is C24H25NO5S. The summed E-state index contributed by atoms with van der Waals surface area (Å²) >= 11 is 0. The molecule has 1 aromatic heterocycles. The third kappa shape index (κ3) is 5.17. The lowest BCUT2D eigenvalue weighted by molar-refractivity contribution is 0.0921. The molecular weight excluding hydrogens is 414 g/mol. The molecule has 0 unspecified atom stereocenters. The molecule has 0 saturated heterocycles. The van der Waals surface area contributed by atoms with Gasteiger partial charge in [0.25, 0.3) is 5.91 Å². The van der Waals surface area contributed by atoms with Gasteiger partial charge >= 0.3 is 0 Å². The van der Waals surface area contributed by atoms with Crippen molar-refractivity contribution in [2.24, 2.45) is 0 Å². The number of hydrogen-bond donors (Lipinski definition) is 1. The van der Waals surface area contributed by atoms with Crippen molar-refractivity contribution < 1.29 is 22.4 Å². The van der Waals surface area contributed by atoms with Crippen molar-refractivity contribution >= 4 is 15.7 Å². The van der Waals surface area contributed by atoms with Crippen molar-refractivity contribution in [2.45, 2.75) is 49.0 Å². The van der Waals surface area contributed by atoms with Gasteiger partial charge in [-0.05, 0) is 49.9 Å². The number of amides is 1. The van der Waals surface area contributed by atoms with Gasteiger partial charge in [-0.2, -0.15) is 0 Å². The van der Waals surface area contributed by atoms with Gasteiger partial charge in [-0.3, -0.25) is 4.79 Å². The zero-order valence-corrected chi connectivity index (χ0v) is 17.9. The highest BCUT2D eigenvalue weighted by Gasteiger charge is 2.23. The highest BCUT2D eigenvalue weighted by Crippen LogP contribution is 2.27. The fourth-order valence-electron chi connectivity index (χ4n) is 3.77. The Morgan fingerprint density at radius 2 is 1.68 bits per heavy atom. The maximum absolute atomic E-state index is 12.7. The van der Waals surface area contributed by atoms with Gasteiger partial charge in [0.2, 0.25) is 0 Å². The summed E-state index contributed by atoms with van der Waals surface area (Å²) in [5.74, 6) is 0.00568. The van der Waals surface area contributed by atoms with E-state index in [-0.39, 0.29) is 29.1 Å². The first-order chi connectivity index (χ1) is 15.0. The van der Waals surface area contributed by atoms with Gasteiger partial charge in [-0.25, -0.2) is 8.42 Å². The lowest BCUT2D eigenvalue weighted by Crippen LogP contribution is -2.24. The summed E-state index contributed by atoms with van der Waals surface area (Å²) in [6.07, 6.45) is 6.00. The monoisotopic (exact) mass is 439 g/mol. The van der Waals surface area contributed by atoms with Gasteiger partial charge in [0.1, 0.15) is 5.75 Å². The Hall–Kier alpha value is -3.06. The van der Waals surface area contributed by atoms with Crippen molar-refractivity contribution in [1.82, 2.24) is 5.32 Å². The van der Waals surface area contributed by atoms with E-state index >= 15 is 0 Å². The highest BCUT2D eigenvalue weighted by atomic mass is 32.2. The van der Waals surface area contributed by atoms with Crippen LogP contribution in [0.4, 0.5) is 0 Å². The van der Waals surface area contributed by atoms with Crippen molar-refractivity contribution in [3.8, 4) is 5.75 Å². The Morgan fingerprint density at radius 3 is 2.45 bits per heavy atom. The molecule has 0 atom stereocenters. The molecule has 1 saturated carbocycles. The third-order valence-electron chi connectivity index (χ3n) is 5.41. The number of furan rings is 1. The zero-order valence-electron chi connectivity index (χ0n) is 17.1. The smallest absolute Gasteiger partial charge is 0.287 e. The van der Waals surface area contributed by atoms with Gasteiger partial charge in [0, 0.05) is 17.7 Å². The molecule has 0 radical (unpaired) electrons. The minimum atomic E-state index is -3.59. The molecule has 0 aliphatic heterocycles. The molecule has 1 fully saturated rings. The number of carbonyl (C=O) groups excluding carboxylic acids is 1. The SMILES string of the molecule is O=C(NCc1ccccc1OC1CCCC1)c1occc1CS(=O)(=O)c1ccccc1. The Labute approximate surface area is 182 Å². The Bertz CT molecular complexity index is 1130. The van der Waals surface area contributed by atoms with Crippen molar-refractivity contribution in [3.63, 3.8) is 0 Å². The minimum Gasteiger partial charge on any atom is -0.490 e. The van der Waals surface area contributed by atoms with Crippen LogP contribution in [0, 0.1) is 0 Å². The summed E-state index contributed by atoms with van der Waals surface area (Å²) in [6, 6.07) is 17.3. The molecule has 6 nitrogen and oxygen atoms in total. The second kappa shape index (κ2) is 9.39. The zero-order chi connectivity index (χ0) is 21.7. The van der Waals surface area contributed by atoms with E-state index in [1.807, 2.05) is 24.3 Å². The first kappa shape index (κ1) is 21.2. The Balaban J connectivity index is 1.43. The quantitative estimate of drug-likeness (QED) is 0.558. The van der Waals surface area contributed by atoms with Gasteiger partial charge in [0.15, 0.2) is 15.6 Å². The maximum Gasteiger partial charge on any atom is 0.287 e. The van der Waals surface area contributed by atoms with Crippen LogP contribution in [0.1, 0.15) is 47.4 Å². The van der Waals surface area contributed by atoms with Crippen LogP contribution in [-0.2, 0) is 22.1 Å². The van der Waals surface area contributed by atoms with Crippen LogP contribution in [0.15, 0.2) is 76.2 Å². The van der Waals surface area contributed by atoms with Gasteiger partial charge < -0.3 is 14.5 Å². The Kier molecular flexibility index (Phi) is 6.42. The van der Waals surface area contributed by atoms with Crippen molar-refractivity contribution in [3.05, 3.63) is 83.8 Å². The number of sulfone groups is 1. The fraction of sp³-hybridized carbons (Fsp3) is 0.292. The Morgan fingerprint density at radius 1 is 0.968 bits per heavy atom. The number of rotatable bonds is 8. The van der Waals surface area contributed by atoms with Gasteiger partial charge in [-0.15, -0.1) is 0 Å². The van der Waals surface area contributed by atoms with E-state index in [9.17, 15) is 13.2 Å². The van der Waals surface area contributed by atoms with Crippen LogP contribution in [0.2, 0.25) is 0 Å². The van der Waals surface area contributed by atoms with E-state index in [0.717, 1.165) is 24.2 Å². The van der Waals surface area contributed by atoms with Gasteiger partial charge in [-0.1, -0.05) is 36.4 Å². The van der Waals surface area contributed by atoms with E-state index in [0.29, 0.717) is 5.56 Å². The minimum absolute atomic E-state index is 0.00805. The van der Waals surface area contributed by atoms with Crippen LogP contribution in [-0.4, -0.2) is 20.4 Å². The number of benzene rings is 2. The lowest BCUT2D eigenvalue weighted by Gasteiger charge is -2.16. The van der Waals surface area contributed by atoms with Crippen molar-refractivity contribution in [2.75, 3.05) is 0 Å². The summed E-state index contributed by atoms with van der Waals surface area (Å²) in [5.41, 5.74) is 1.20. The van der Waals surface area contributed by atoms with E-state index in [1.165, 1.54) is 37.3 Å². The van der Waals surface area contributed by atoms with Gasteiger partial charge in [0.05, 0.1) is 23.0 Å².